The van der Waals surface area contributed by atoms with Gasteiger partial charge in [0.05, 0.1) is 27.7 Å². The number of phosphoric ester groups is 1. The SMILES string of the molecule is CCCCCCCCCCCCCCCC/C=C/CC/C=C/CCCC(=O)OC[C@H](COP(=O)([O-])OCC[N+](C)(C)C)OC(=O)CCCCCCCCCCCCCCCCCCCCCCCC. The Hall–Kier alpha value is -1.51. The molecule has 0 aromatic heterocycles. The molecule has 0 saturated heterocycles. The average Bonchev–Trinajstić information content (AvgIpc) is 3.31. The minimum absolute atomic E-state index is 0.0338. The summed E-state index contributed by atoms with van der Waals surface area (Å²) in [5.74, 6) is -0.866. The van der Waals surface area contributed by atoms with Crippen molar-refractivity contribution in [1.29, 1.82) is 0 Å². The van der Waals surface area contributed by atoms with Crippen LogP contribution in [0.25, 0.3) is 0 Å². The Morgan fingerprint density at radius 1 is 0.435 bits per heavy atom. The summed E-state index contributed by atoms with van der Waals surface area (Å²) in [4.78, 5) is 37.8. The van der Waals surface area contributed by atoms with E-state index < -0.39 is 32.5 Å². The molecule has 0 aliphatic heterocycles. The number of carbonyl (C=O) groups is 2. The van der Waals surface area contributed by atoms with Gasteiger partial charge < -0.3 is 27.9 Å². The lowest BCUT2D eigenvalue weighted by atomic mass is 10.0. The van der Waals surface area contributed by atoms with Crippen LogP contribution in [-0.4, -0.2) is 70.0 Å². The molecule has 0 radical (unpaired) electrons. The van der Waals surface area contributed by atoms with Crippen molar-refractivity contribution in [2.75, 3.05) is 47.5 Å². The molecule has 0 rings (SSSR count). The van der Waals surface area contributed by atoms with Crippen LogP contribution in [0.1, 0.15) is 290 Å². The molecule has 9 nitrogen and oxygen atoms in total. The lowest BCUT2D eigenvalue weighted by molar-refractivity contribution is -0.870. The summed E-state index contributed by atoms with van der Waals surface area (Å²) in [5, 5.41) is 0. The van der Waals surface area contributed by atoms with Crippen LogP contribution in [0.2, 0.25) is 0 Å². The van der Waals surface area contributed by atoms with Crippen LogP contribution in [0.15, 0.2) is 24.3 Å². The van der Waals surface area contributed by atoms with Crippen molar-refractivity contribution >= 4 is 19.8 Å². The molecule has 0 heterocycles. The van der Waals surface area contributed by atoms with E-state index in [2.05, 4.69) is 38.2 Å². The van der Waals surface area contributed by atoms with Crippen LogP contribution in [0, 0.1) is 0 Å². The molecule has 10 heteroatoms. The highest BCUT2D eigenvalue weighted by molar-refractivity contribution is 7.45. The van der Waals surface area contributed by atoms with E-state index in [1.54, 1.807) is 0 Å². The molecule has 0 amide bonds. The van der Waals surface area contributed by atoms with Crippen LogP contribution in [-0.2, 0) is 32.7 Å². The molecule has 0 N–H and O–H groups in total. The van der Waals surface area contributed by atoms with Crippen molar-refractivity contribution in [3.8, 4) is 0 Å². The van der Waals surface area contributed by atoms with Crippen LogP contribution in [0.3, 0.4) is 0 Å². The second-order valence-electron chi connectivity index (χ2n) is 21.4. The van der Waals surface area contributed by atoms with E-state index in [-0.39, 0.29) is 26.1 Å². The van der Waals surface area contributed by atoms with Gasteiger partial charge in [-0.2, -0.15) is 0 Å². The average molecular weight is 997 g/mol. The Morgan fingerprint density at radius 2 is 0.768 bits per heavy atom. The number of allylic oxidation sites excluding steroid dienone is 4. The van der Waals surface area contributed by atoms with Gasteiger partial charge in [-0.15, -0.1) is 0 Å². The zero-order chi connectivity index (χ0) is 50.6. The fraction of sp³-hybridized carbons (Fsp3) is 0.898. The topological polar surface area (TPSA) is 111 Å². The van der Waals surface area contributed by atoms with E-state index >= 15 is 0 Å². The fourth-order valence-electron chi connectivity index (χ4n) is 8.62. The zero-order valence-electron chi connectivity index (χ0n) is 46.3. The monoisotopic (exact) mass is 996 g/mol. The van der Waals surface area contributed by atoms with Gasteiger partial charge in [-0.25, -0.2) is 0 Å². The van der Waals surface area contributed by atoms with E-state index in [0.29, 0.717) is 23.9 Å². The number of quaternary nitrogens is 1. The maximum absolute atomic E-state index is 12.8. The predicted molar refractivity (Wildman–Crippen MR) is 291 cm³/mol. The summed E-state index contributed by atoms with van der Waals surface area (Å²) in [6.45, 7) is 4.25. The summed E-state index contributed by atoms with van der Waals surface area (Å²) in [6, 6.07) is 0. The van der Waals surface area contributed by atoms with Crippen molar-refractivity contribution in [2.45, 2.75) is 296 Å². The van der Waals surface area contributed by atoms with Gasteiger partial charge >= 0.3 is 11.9 Å². The lowest BCUT2D eigenvalue weighted by Gasteiger charge is -2.28. The highest BCUT2D eigenvalue weighted by atomic mass is 31.2. The summed E-state index contributed by atoms with van der Waals surface area (Å²) in [5.41, 5.74) is 0. The van der Waals surface area contributed by atoms with Crippen molar-refractivity contribution in [1.82, 2.24) is 0 Å². The number of phosphoric acid groups is 1. The highest BCUT2D eigenvalue weighted by Crippen LogP contribution is 2.38. The van der Waals surface area contributed by atoms with Gasteiger partial charge in [-0.1, -0.05) is 256 Å². The number of unbranched alkanes of at least 4 members (excludes halogenated alkanes) is 37. The third-order valence-electron chi connectivity index (χ3n) is 13.2. The normalized spacial score (nSPS) is 13.4. The maximum Gasteiger partial charge on any atom is 0.306 e. The molecular formula is C59H114NO8P. The minimum Gasteiger partial charge on any atom is -0.756 e. The second kappa shape index (κ2) is 51.4. The van der Waals surface area contributed by atoms with E-state index in [9.17, 15) is 19.0 Å². The largest absolute Gasteiger partial charge is 0.756 e. The number of hydrogen-bond acceptors (Lipinski definition) is 8. The first kappa shape index (κ1) is 67.5. The molecule has 0 bridgehead atoms. The third-order valence-corrected chi connectivity index (χ3v) is 14.2. The Kier molecular flexibility index (Phi) is 50.3. The van der Waals surface area contributed by atoms with Crippen LogP contribution in [0.4, 0.5) is 0 Å². The molecule has 0 saturated carbocycles. The smallest absolute Gasteiger partial charge is 0.306 e. The van der Waals surface area contributed by atoms with Gasteiger partial charge in [-0.3, -0.25) is 14.2 Å². The number of hydrogen-bond donors (Lipinski definition) is 0. The van der Waals surface area contributed by atoms with E-state index in [1.165, 1.54) is 212 Å². The maximum atomic E-state index is 12.8. The number of rotatable bonds is 55. The first-order chi connectivity index (χ1) is 33.5. The minimum atomic E-state index is -4.64. The molecule has 0 aliphatic rings. The first-order valence-electron chi connectivity index (χ1n) is 29.5. The molecule has 408 valence electrons. The zero-order valence-corrected chi connectivity index (χ0v) is 47.2. The number of ether oxygens (including phenoxy) is 2. The second-order valence-corrected chi connectivity index (χ2v) is 22.8. The number of carbonyl (C=O) groups excluding carboxylic acids is 2. The number of nitrogens with zero attached hydrogens (tertiary/aromatic N) is 1. The molecule has 69 heavy (non-hydrogen) atoms. The van der Waals surface area contributed by atoms with Crippen LogP contribution >= 0.6 is 7.82 Å². The van der Waals surface area contributed by atoms with Gasteiger partial charge in [0.2, 0.25) is 0 Å². The molecular weight excluding hydrogens is 882 g/mol. The Bertz CT molecular complexity index is 1220. The van der Waals surface area contributed by atoms with Crippen molar-refractivity contribution in [2.24, 2.45) is 0 Å². The van der Waals surface area contributed by atoms with Crippen LogP contribution < -0.4 is 4.89 Å². The third kappa shape index (κ3) is 55.7. The molecule has 0 aromatic rings. The molecule has 0 spiro atoms. The quantitative estimate of drug-likeness (QED) is 0.0195. The summed E-state index contributed by atoms with van der Waals surface area (Å²) in [6.07, 6.45) is 61.0. The van der Waals surface area contributed by atoms with Crippen molar-refractivity contribution in [3.05, 3.63) is 24.3 Å². The van der Waals surface area contributed by atoms with Gasteiger partial charge in [0.1, 0.15) is 19.8 Å². The van der Waals surface area contributed by atoms with Crippen molar-refractivity contribution < 1.29 is 42.1 Å². The Morgan fingerprint density at radius 3 is 1.16 bits per heavy atom. The highest BCUT2D eigenvalue weighted by Gasteiger charge is 2.21. The van der Waals surface area contributed by atoms with E-state index in [0.717, 1.165) is 38.5 Å². The number of esters is 2. The molecule has 0 aliphatic carbocycles. The van der Waals surface area contributed by atoms with E-state index in [4.69, 9.17) is 18.5 Å². The van der Waals surface area contributed by atoms with Gasteiger partial charge in [0.15, 0.2) is 6.10 Å². The van der Waals surface area contributed by atoms with Gasteiger partial charge in [-0.05, 0) is 44.9 Å². The first-order valence-corrected chi connectivity index (χ1v) is 31.0. The van der Waals surface area contributed by atoms with Crippen molar-refractivity contribution in [3.63, 3.8) is 0 Å². The Balaban J connectivity index is 4.18. The number of likely N-dealkylation sites (N-methyl/N-ethyl adjacent to an activating group) is 1. The molecule has 0 aromatic carbocycles. The summed E-state index contributed by atoms with van der Waals surface area (Å²) in [7, 11) is 1.16. The molecule has 2 atom stereocenters. The Labute approximate surface area is 428 Å². The molecule has 0 fully saturated rings. The standard InChI is InChI=1S/C59H114NO8P/c1-6-8-10-12-14-16-18-20-22-24-26-28-30-32-33-35-37-39-41-43-45-47-49-51-58(61)65-55-57(56-67-69(63,64)66-54-53-60(3,4)5)68-59(62)52-50-48-46-44-42-40-38-36-34-31-29-27-25-23-21-19-17-15-13-11-9-7-2/h35,37,43,45,57H,6-34,36,38-42,44,46-56H2,1-5H3/b37-35+,45-43+/t57-/m1/s1. The molecule has 1 unspecified atom stereocenters. The van der Waals surface area contributed by atoms with Crippen LogP contribution in [0.5, 0.6) is 0 Å². The summed E-state index contributed by atoms with van der Waals surface area (Å²) >= 11 is 0. The summed E-state index contributed by atoms with van der Waals surface area (Å²) < 4.78 is 34.1. The van der Waals surface area contributed by atoms with Gasteiger partial charge in [0.25, 0.3) is 7.82 Å². The lowest BCUT2D eigenvalue weighted by Crippen LogP contribution is -2.37. The fourth-order valence-corrected chi connectivity index (χ4v) is 9.35. The predicted octanol–water partition coefficient (Wildman–Crippen LogP) is 17.6. The van der Waals surface area contributed by atoms with E-state index in [1.807, 2.05) is 21.1 Å². The van der Waals surface area contributed by atoms with Gasteiger partial charge in [0, 0.05) is 12.8 Å².